The van der Waals surface area contributed by atoms with Crippen LogP contribution in [0.1, 0.15) is 5.56 Å². The van der Waals surface area contributed by atoms with E-state index >= 15 is 0 Å². The van der Waals surface area contributed by atoms with E-state index in [4.69, 9.17) is 4.74 Å². The second-order valence-electron chi connectivity index (χ2n) is 11.7. The molecule has 7 aromatic carbocycles. The van der Waals surface area contributed by atoms with E-state index in [1.165, 1.54) is 21.9 Å². The number of fused-ring (bicyclic) bond motifs is 5. The van der Waals surface area contributed by atoms with Gasteiger partial charge in [-0.05, 0) is 99.1 Å². The summed E-state index contributed by atoms with van der Waals surface area (Å²) in [6.07, 6.45) is 0. The van der Waals surface area contributed by atoms with E-state index in [1.807, 2.05) is 36.4 Å². The molecule has 0 fully saturated rings. The molecule has 2 heterocycles. The molecule has 3 nitrogen and oxygen atoms in total. The first-order valence-electron chi connectivity index (χ1n) is 15.4. The van der Waals surface area contributed by atoms with Crippen LogP contribution in [0.5, 0.6) is 11.5 Å². The highest BCUT2D eigenvalue weighted by Crippen LogP contribution is 2.46. The number of aromatic nitrogens is 1. The molecule has 0 aliphatic carbocycles. The summed E-state index contributed by atoms with van der Waals surface area (Å²) in [6, 6.07) is 57.2. The lowest BCUT2D eigenvalue weighted by atomic mass is 9.93. The molecule has 0 amide bonds. The lowest BCUT2D eigenvalue weighted by Gasteiger charge is -2.20. The highest BCUT2D eigenvalue weighted by Gasteiger charge is 2.23. The Kier molecular flexibility index (Phi) is 5.88. The maximum atomic E-state index is 9.94. The first kappa shape index (κ1) is 26.1. The molecule has 1 aromatic heterocycles. The second-order valence-corrected chi connectivity index (χ2v) is 11.7. The molecule has 0 saturated heterocycles. The van der Waals surface area contributed by atoms with Gasteiger partial charge in [-0.25, -0.2) is 0 Å². The fourth-order valence-electron chi connectivity index (χ4n) is 6.79. The van der Waals surface area contributed by atoms with Crippen molar-refractivity contribution in [3.05, 3.63) is 163 Å². The highest BCUT2D eigenvalue weighted by molar-refractivity contribution is 6.13. The molecule has 0 saturated carbocycles. The van der Waals surface area contributed by atoms with Gasteiger partial charge in [0.05, 0.1) is 28.4 Å². The average Bonchev–Trinajstić information content (AvgIpc) is 3.47. The van der Waals surface area contributed by atoms with Crippen LogP contribution in [0.3, 0.4) is 0 Å². The minimum absolute atomic E-state index is 0.642. The van der Waals surface area contributed by atoms with Gasteiger partial charge in [0.1, 0.15) is 0 Å². The number of rotatable bonds is 4. The van der Waals surface area contributed by atoms with Crippen LogP contribution >= 0.6 is 0 Å². The van der Waals surface area contributed by atoms with Gasteiger partial charge < -0.3 is 9.30 Å². The maximum absolute atomic E-state index is 9.94. The van der Waals surface area contributed by atoms with E-state index in [1.54, 1.807) is 0 Å². The van der Waals surface area contributed by atoms with Crippen LogP contribution in [0, 0.1) is 11.3 Å². The number of nitriles is 1. The number of para-hydroxylation sites is 3. The van der Waals surface area contributed by atoms with Gasteiger partial charge in [0, 0.05) is 10.8 Å². The summed E-state index contributed by atoms with van der Waals surface area (Å²) in [6.45, 7) is 0. The number of hydrogen-bond acceptors (Lipinski definition) is 2. The van der Waals surface area contributed by atoms with Crippen LogP contribution in [0.15, 0.2) is 158 Å². The molecule has 1 aliphatic rings. The summed E-state index contributed by atoms with van der Waals surface area (Å²) in [5.74, 6) is 1.74. The van der Waals surface area contributed by atoms with Crippen LogP contribution in [-0.4, -0.2) is 4.57 Å². The molecule has 8 aromatic rings. The van der Waals surface area contributed by atoms with Gasteiger partial charge in [-0.1, -0.05) is 103 Å². The van der Waals surface area contributed by atoms with Crippen molar-refractivity contribution in [2.75, 3.05) is 0 Å². The first-order valence-corrected chi connectivity index (χ1v) is 15.4. The van der Waals surface area contributed by atoms with Crippen molar-refractivity contribution in [1.82, 2.24) is 4.57 Å². The van der Waals surface area contributed by atoms with Gasteiger partial charge in [-0.2, -0.15) is 5.26 Å². The van der Waals surface area contributed by atoms with Crippen molar-refractivity contribution >= 4 is 21.8 Å². The van der Waals surface area contributed by atoms with Crippen molar-refractivity contribution < 1.29 is 4.74 Å². The predicted molar refractivity (Wildman–Crippen MR) is 187 cm³/mol. The quantitative estimate of drug-likeness (QED) is 0.206. The van der Waals surface area contributed by atoms with E-state index < -0.39 is 0 Å². The van der Waals surface area contributed by atoms with Gasteiger partial charge in [0.15, 0.2) is 11.5 Å². The third-order valence-electron chi connectivity index (χ3n) is 8.99. The zero-order valence-electron chi connectivity index (χ0n) is 24.8. The van der Waals surface area contributed by atoms with Crippen LogP contribution in [0.4, 0.5) is 0 Å². The SMILES string of the molecule is N#Cc1cc(-c2ccc(-c3ccccc3)cc2)cc(-c2cccc(-c3ccc4c(c3)c3cccc5c3n4-c3ccccc3O5)c2)c1. The Hall–Kier alpha value is -6.37. The summed E-state index contributed by atoms with van der Waals surface area (Å²) >= 11 is 0. The molecule has 214 valence electrons. The Morgan fingerprint density at radius 1 is 0.435 bits per heavy atom. The summed E-state index contributed by atoms with van der Waals surface area (Å²) in [7, 11) is 0. The minimum Gasteiger partial charge on any atom is -0.453 e. The van der Waals surface area contributed by atoms with Crippen molar-refractivity contribution in [3.8, 4) is 67.8 Å². The maximum Gasteiger partial charge on any atom is 0.152 e. The lowest BCUT2D eigenvalue weighted by molar-refractivity contribution is 0.476. The molecule has 0 N–H and O–H groups in total. The summed E-state index contributed by atoms with van der Waals surface area (Å²) in [4.78, 5) is 0. The summed E-state index contributed by atoms with van der Waals surface area (Å²) in [5.41, 5.74) is 12.8. The second kappa shape index (κ2) is 10.4. The van der Waals surface area contributed by atoms with Crippen molar-refractivity contribution in [1.29, 1.82) is 5.26 Å². The third kappa shape index (κ3) is 4.20. The minimum atomic E-state index is 0.642. The molecule has 1 aliphatic heterocycles. The topological polar surface area (TPSA) is 38.0 Å². The van der Waals surface area contributed by atoms with Gasteiger partial charge in [-0.15, -0.1) is 0 Å². The predicted octanol–water partition coefficient (Wildman–Crippen LogP) is 11.4. The Balaban J connectivity index is 1.12. The van der Waals surface area contributed by atoms with Crippen molar-refractivity contribution in [2.45, 2.75) is 0 Å². The third-order valence-corrected chi connectivity index (χ3v) is 8.99. The van der Waals surface area contributed by atoms with Gasteiger partial charge in [-0.3, -0.25) is 0 Å². The van der Waals surface area contributed by atoms with E-state index in [9.17, 15) is 5.26 Å². The van der Waals surface area contributed by atoms with Crippen LogP contribution in [0.25, 0.3) is 72.0 Å². The van der Waals surface area contributed by atoms with Crippen molar-refractivity contribution in [3.63, 3.8) is 0 Å². The average molecular weight is 587 g/mol. The van der Waals surface area contributed by atoms with E-state index in [0.717, 1.165) is 61.6 Å². The van der Waals surface area contributed by atoms with E-state index in [-0.39, 0.29) is 0 Å². The molecule has 0 atom stereocenters. The molecule has 9 rings (SSSR count). The number of benzene rings is 7. The number of ether oxygens (including phenoxy) is 1. The van der Waals surface area contributed by atoms with E-state index in [0.29, 0.717) is 5.56 Å². The Labute approximate surface area is 266 Å². The molecule has 0 unspecified atom stereocenters. The van der Waals surface area contributed by atoms with Gasteiger partial charge in [0.2, 0.25) is 0 Å². The van der Waals surface area contributed by atoms with E-state index in [2.05, 4.69) is 132 Å². The normalized spacial score (nSPS) is 11.6. The Morgan fingerprint density at radius 3 is 1.80 bits per heavy atom. The zero-order valence-corrected chi connectivity index (χ0v) is 24.8. The largest absolute Gasteiger partial charge is 0.453 e. The number of nitrogens with zero attached hydrogens (tertiary/aromatic N) is 2. The summed E-state index contributed by atoms with van der Waals surface area (Å²) < 4.78 is 8.62. The zero-order chi connectivity index (χ0) is 30.6. The van der Waals surface area contributed by atoms with Gasteiger partial charge in [0.25, 0.3) is 0 Å². The molecular weight excluding hydrogens is 560 g/mol. The lowest BCUT2D eigenvalue weighted by Crippen LogP contribution is -2.03. The van der Waals surface area contributed by atoms with Crippen molar-refractivity contribution in [2.24, 2.45) is 0 Å². The van der Waals surface area contributed by atoms with Crippen LogP contribution in [-0.2, 0) is 0 Å². The smallest absolute Gasteiger partial charge is 0.152 e. The monoisotopic (exact) mass is 586 g/mol. The van der Waals surface area contributed by atoms with Crippen LogP contribution in [0.2, 0.25) is 0 Å². The fraction of sp³-hybridized carbons (Fsp3) is 0. The molecule has 3 heteroatoms. The van der Waals surface area contributed by atoms with Crippen LogP contribution < -0.4 is 4.74 Å². The standard InChI is InChI=1S/C43H26N2O/c44-27-28-22-35(31-18-16-30(17-19-31)29-8-2-1-3-9-29)25-36(23-28)33-11-6-10-32(24-33)34-20-21-39-38(26-34)37-12-7-15-42-43(37)45(39)40-13-4-5-14-41(40)46-42/h1-26H. The summed E-state index contributed by atoms with van der Waals surface area (Å²) in [5, 5.41) is 12.3. The molecular formula is C43H26N2O. The number of hydrogen-bond donors (Lipinski definition) is 0. The Bertz CT molecular complexity index is 2500. The molecule has 0 bridgehead atoms. The van der Waals surface area contributed by atoms with Gasteiger partial charge >= 0.3 is 0 Å². The first-order chi connectivity index (χ1) is 22.7. The fourth-order valence-corrected chi connectivity index (χ4v) is 6.79. The molecule has 0 spiro atoms. The Morgan fingerprint density at radius 2 is 1.00 bits per heavy atom. The molecule has 46 heavy (non-hydrogen) atoms. The molecule has 0 radical (unpaired) electrons. The highest BCUT2D eigenvalue weighted by atomic mass is 16.5.